The molecule has 4 nitrogen and oxygen atoms in total. The minimum atomic E-state index is -0.0179. The Labute approximate surface area is 135 Å². The zero-order chi connectivity index (χ0) is 15.7. The summed E-state index contributed by atoms with van der Waals surface area (Å²) in [7, 11) is 0. The molecular formula is C17H20ClN3O. The number of likely N-dealkylation sites (tertiary alicyclic amines) is 1. The molecule has 2 aromatic rings. The van der Waals surface area contributed by atoms with Crippen LogP contribution in [0, 0.1) is 5.41 Å². The van der Waals surface area contributed by atoms with Crippen LogP contribution >= 0.6 is 11.6 Å². The number of hydrogen-bond donors (Lipinski definition) is 1. The number of benzene rings is 1. The number of nitrogens with zero attached hydrogens (tertiary/aromatic N) is 2. The van der Waals surface area contributed by atoms with Crippen molar-refractivity contribution in [1.29, 1.82) is 0 Å². The summed E-state index contributed by atoms with van der Waals surface area (Å²) >= 11 is 5.89. The highest BCUT2D eigenvalue weighted by Gasteiger charge is 2.29. The lowest BCUT2D eigenvalue weighted by molar-refractivity contribution is 0.0619. The van der Waals surface area contributed by atoms with Crippen molar-refractivity contribution in [3.63, 3.8) is 0 Å². The number of amides is 1. The summed E-state index contributed by atoms with van der Waals surface area (Å²) in [5.41, 5.74) is 2.13. The van der Waals surface area contributed by atoms with Gasteiger partial charge in [0.25, 0.3) is 5.91 Å². The van der Waals surface area contributed by atoms with Crippen molar-refractivity contribution in [3.05, 3.63) is 41.3 Å². The van der Waals surface area contributed by atoms with Crippen LogP contribution in [0.15, 0.2) is 30.5 Å². The maximum absolute atomic E-state index is 12.5. The van der Waals surface area contributed by atoms with Crippen molar-refractivity contribution >= 4 is 17.5 Å². The summed E-state index contributed by atoms with van der Waals surface area (Å²) < 4.78 is 0. The Morgan fingerprint density at radius 3 is 2.50 bits per heavy atom. The van der Waals surface area contributed by atoms with Crippen molar-refractivity contribution in [1.82, 2.24) is 14.9 Å². The highest BCUT2D eigenvalue weighted by molar-refractivity contribution is 6.30. The Balaban J connectivity index is 1.73. The van der Waals surface area contributed by atoms with Crippen LogP contribution in [0.2, 0.25) is 5.02 Å². The molecule has 22 heavy (non-hydrogen) atoms. The van der Waals surface area contributed by atoms with Crippen LogP contribution in [0.3, 0.4) is 0 Å². The number of halogens is 1. The molecule has 1 aliphatic rings. The first-order valence-electron chi connectivity index (χ1n) is 7.55. The summed E-state index contributed by atoms with van der Waals surface area (Å²) in [4.78, 5) is 21.8. The fourth-order valence-electron chi connectivity index (χ4n) is 2.67. The SMILES string of the molecule is CC1(C)CCN(C(=O)c2ncc(-c3ccc(Cl)cc3)[nH]2)CC1. The number of carbonyl (C=O) groups is 1. The molecule has 0 radical (unpaired) electrons. The standard InChI is InChI=1S/C17H20ClN3O/c1-17(2)7-9-21(10-8-17)16(22)15-19-11-14(20-15)12-3-5-13(18)6-4-12/h3-6,11H,7-10H2,1-2H3,(H,19,20). The zero-order valence-corrected chi connectivity index (χ0v) is 13.7. The predicted molar refractivity (Wildman–Crippen MR) is 88.0 cm³/mol. The molecule has 1 aromatic carbocycles. The van der Waals surface area contributed by atoms with Gasteiger partial charge in [-0.15, -0.1) is 0 Å². The van der Waals surface area contributed by atoms with E-state index in [0.717, 1.165) is 37.2 Å². The van der Waals surface area contributed by atoms with E-state index in [1.807, 2.05) is 29.2 Å². The molecule has 5 heteroatoms. The third kappa shape index (κ3) is 3.17. The fraction of sp³-hybridized carbons (Fsp3) is 0.412. The van der Waals surface area contributed by atoms with E-state index in [0.29, 0.717) is 16.3 Å². The third-order valence-corrected chi connectivity index (χ3v) is 4.59. The summed E-state index contributed by atoms with van der Waals surface area (Å²) in [6.45, 7) is 6.09. The number of aromatic nitrogens is 2. The van der Waals surface area contributed by atoms with E-state index < -0.39 is 0 Å². The van der Waals surface area contributed by atoms with Crippen LogP contribution in [-0.4, -0.2) is 33.9 Å². The fourth-order valence-corrected chi connectivity index (χ4v) is 2.80. The molecule has 1 saturated heterocycles. The van der Waals surface area contributed by atoms with Gasteiger partial charge in [-0.3, -0.25) is 4.79 Å². The van der Waals surface area contributed by atoms with E-state index >= 15 is 0 Å². The van der Waals surface area contributed by atoms with Crippen LogP contribution < -0.4 is 0 Å². The molecule has 0 aliphatic carbocycles. The number of aromatic amines is 1. The quantitative estimate of drug-likeness (QED) is 0.910. The van der Waals surface area contributed by atoms with Crippen molar-refractivity contribution in [3.8, 4) is 11.3 Å². The Bertz CT molecular complexity index is 665. The molecule has 3 rings (SSSR count). The predicted octanol–water partition coefficient (Wildman–Crippen LogP) is 3.99. The smallest absolute Gasteiger partial charge is 0.289 e. The molecule has 2 heterocycles. The maximum Gasteiger partial charge on any atom is 0.289 e. The van der Waals surface area contributed by atoms with Gasteiger partial charge in [-0.25, -0.2) is 4.98 Å². The monoisotopic (exact) mass is 317 g/mol. The van der Waals surface area contributed by atoms with E-state index in [1.54, 1.807) is 6.20 Å². The lowest BCUT2D eigenvalue weighted by Crippen LogP contribution is -2.41. The lowest BCUT2D eigenvalue weighted by Gasteiger charge is -2.36. The maximum atomic E-state index is 12.5. The molecule has 0 bridgehead atoms. The van der Waals surface area contributed by atoms with E-state index in [4.69, 9.17) is 11.6 Å². The number of hydrogen-bond acceptors (Lipinski definition) is 2. The minimum Gasteiger partial charge on any atom is -0.336 e. The molecule has 116 valence electrons. The number of carbonyl (C=O) groups excluding carboxylic acids is 1. The van der Waals surface area contributed by atoms with Gasteiger partial charge in [-0.05, 0) is 36.0 Å². The molecule has 1 aromatic heterocycles. The number of H-pyrrole nitrogens is 1. The second-order valence-electron chi connectivity index (χ2n) is 6.61. The first kappa shape index (κ1) is 15.1. The Morgan fingerprint density at radius 2 is 1.86 bits per heavy atom. The van der Waals surface area contributed by atoms with Gasteiger partial charge < -0.3 is 9.88 Å². The molecule has 1 aliphatic heterocycles. The Morgan fingerprint density at radius 1 is 1.23 bits per heavy atom. The van der Waals surface area contributed by atoms with Crippen molar-refractivity contribution in [2.24, 2.45) is 5.41 Å². The molecule has 1 fully saturated rings. The van der Waals surface area contributed by atoms with Gasteiger partial charge in [-0.2, -0.15) is 0 Å². The summed E-state index contributed by atoms with van der Waals surface area (Å²) in [5, 5.41) is 0.690. The van der Waals surface area contributed by atoms with Crippen LogP contribution in [0.25, 0.3) is 11.3 Å². The van der Waals surface area contributed by atoms with Crippen LogP contribution in [0.4, 0.5) is 0 Å². The van der Waals surface area contributed by atoms with E-state index in [1.165, 1.54) is 0 Å². The molecular weight excluding hydrogens is 298 g/mol. The van der Waals surface area contributed by atoms with Gasteiger partial charge in [0, 0.05) is 18.1 Å². The van der Waals surface area contributed by atoms with Crippen molar-refractivity contribution in [2.75, 3.05) is 13.1 Å². The topological polar surface area (TPSA) is 49.0 Å². The van der Waals surface area contributed by atoms with Crippen molar-refractivity contribution < 1.29 is 4.79 Å². The van der Waals surface area contributed by atoms with Gasteiger partial charge in [0.15, 0.2) is 5.82 Å². The van der Waals surface area contributed by atoms with E-state index in [2.05, 4.69) is 23.8 Å². The molecule has 0 unspecified atom stereocenters. The second-order valence-corrected chi connectivity index (χ2v) is 7.05. The number of rotatable bonds is 2. The Kier molecular flexibility index (Phi) is 3.96. The second kappa shape index (κ2) is 5.76. The van der Waals surface area contributed by atoms with Gasteiger partial charge in [0.2, 0.25) is 0 Å². The first-order valence-corrected chi connectivity index (χ1v) is 7.93. The normalized spacial score (nSPS) is 17.5. The van der Waals surface area contributed by atoms with Crippen LogP contribution in [0.5, 0.6) is 0 Å². The van der Waals surface area contributed by atoms with E-state index in [-0.39, 0.29) is 5.91 Å². The number of piperidine rings is 1. The highest BCUT2D eigenvalue weighted by Crippen LogP contribution is 2.30. The van der Waals surface area contributed by atoms with Crippen molar-refractivity contribution in [2.45, 2.75) is 26.7 Å². The zero-order valence-electron chi connectivity index (χ0n) is 12.9. The van der Waals surface area contributed by atoms with E-state index in [9.17, 15) is 4.79 Å². The van der Waals surface area contributed by atoms with Gasteiger partial charge in [0.05, 0.1) is 11.9 Å². The third-order valence-electron chi connectivity index (χ3n) is 4.34. The molecule has 0 saturated carbocycles. The van der Waals surface area contributed by atoms with Crippen LogP contribution in [0.1, 0.15) is 37.3 Å². The van der Waals surface area contributed by atoms with Crippen LogP contribution in [-0.2, 0) is 0 Å². The Hall–Kier alpha value is -1.81. The summed E-state index contributed by atoms with van der Waals surface area (Å²) in [6, 6.07) is 7.47. The first-order chi connectivity index (χ1) is 10.4. The number of nitrogens with one attached hydrogen (secondary N) is 1. The molecule has 1 amide bonds. The highest BCUT2D eigenvalue weighted by atomic mass is 35.5. The average Bonchev–Trinajstić information content (AvgIpc) is 2.97. The van der Waals surface area contributed by atoms with Gasteiger partial charge in [-0.1, -0.05) is 37.6 Å². The van der Waals surface area contributed by atoms with Gasteiger partial charge in [0.1, 0.15) is 0 Å². The minimum absolute atomic E-state index is 0.0179. The molecule has 1 N–H and O–H groups in total. The summed E-state index contributed by atoms with van der Waals surface area (Å²) in [5.74, 6) is 0.389. The van der Waals surface area contributed by atoms with Gasteiger partial charge >= 0.3 is 0 Å². The largest absolute Gasteiger partial charge is 0.336 e. The molecule has 0 atom stereocenters. The molecule has 0 spiro atoms. The summed E-state index contributed by atoms with van der Waals surface area (Å²) in [6.07, 6.45) is 3.76. The average molecular weight is 318 g/mol. The number of imidazole rings is 1. The lowest BCUT2D eigenvalue weighted by atomic mass is 9.83.